The third-order valence-electron chi connectivity index (χ3n) is 1.36. The Kier molecular flexibility index (Phi) is 6.98. The lowest BCUT2D eigenvalue weighted by Crippen LogP contribution is -2.00. The van der Waals surface area contributed by atoms with Gasteiger partial charge in [0, 0.05) is 13.2 Å². The number of rotatable bonds is 6. The molecule has 0 fully saturated rings. The van der Waals surface area contributed by atoms with Gasteiger partial charge in [0.2, 0.25) is 0 Å². The molecule has 2 nitrogen and oxygen atoms in total. The molecule has 0 saturated heterocycles. The Morgan fingerprint density at radius 1 is 1.40 bits per heavy atom. The Morgan fingerprint density at radius 2 is 2.10 bits per heavy atom. The molecular weight excluding hydrogens is 128 g/mol. The van der Waals surface area contributed by atoms with E-state index >= 15 is 0 Å². The maximum absolute atomic E-state index is 8.87. The summed E-state index contributed by atoms with van der Waals surface area (Å²) in [5.74, 6) is 0. The van der Waals surface area contributed by atoms with Crippen molar-refractivity contribution in [1.82, 2.24) is 0 Å². The highest BCUT2D eigenvalue weighted by molar-refractivity contribution is 4.46. The van der Waals surface area contributed by atoms with Crippen molar-refractivity contribution in [3.8, 4) is 0 Å². The lowest BCUT2D eigenvalue weighted by Gasteiger charge is -2.03. The number of ether oxygens (including phenoxy) is 1. The zero-order chi connectivity index (χ0) is 7.82. The van der Waals surface area contributed by atoms with E-state index < -0.39 is 0 Å². The van der Waals surface area contributed by atoms with Crippen LogP contribution in [-0.2, 0) is 4.74 Å². The topological polar surface area (TPSA) is 29.5 Å². The van der Waals surface area contributed by atoms with E-state index in [0.29, 0.717) is 0 Å². The Bertz CT molecular complexity index is 62.3. The molecule has 0 aliphatic carbocycles. The fraction of sp³-hybridized carbons (Fsp3) is 1.00. The van der Waals surface area contributed by atoms with Gasteiger partial charge in [0.25, 0.3) is 0 Å². The molecule has 0 aromatic rings. The molecule has 0 aliphatic heterocycles. The fourth-order valence-corrected chi connectivity index (χ4v) is 0.788. The molecule has 0 aromatic carbocycles. The minimum absolute atomic E-state index is 0.151. The van der Waals surface area contributed by atoms with Crippen molar-refractivity contribution in [3.05, 3.63) is 0 Å². The van der Waals surface area contributed by atoms with Crippen molar-refractivity contribution in [2.75, 3.05) is 13.2 Å². The minimum atomic E-state index is -0.151. The van der Waals surface area contributed by atoms with E-state index in [1.165, 1.54) is 0 Å². The molecule has 0 rings (SSSR count). The van der Waals surface area contributed by atoms with Crippen molar-refractivity contribution in [3.63, 3.8) is 0 Å². The molecule has 0 amide bonds. The molecule has 10 heavy (non-hydrogen) atoms. The van der Waals surface area contributed by atoms with Gasteiger partial charge in [-0.1, -0.05) is 0 Å². The number of hydrogen-bond acceptors (Lipinski definition) is 2. The quantitative estimate of drug-likeness (QED) is 0.576. The maximum Gasteiger partial charge on any atom is 0.0512 e. The van der Waals surface area contributed by atoms with Crippen molar-refractivity contribution in [2.24, 2.45) is 0 Å². The van der Waals surface area contributed by atoms with Crippen LogP contribution in [-0.4, -0.2) is 24.4 Å². The van der Waals surface area contributed by atoms with E-state index in [4.69, 9.17) is 9.84 Å². The lowest BCUT2D eigenvalue weighted by molar-refractivity contribution is 0.134. The third kappa shape index (κ3) is 7.92. The number of aliphatic hydroxyl groups excluding tert-OH is 1. The molecule has 0 aromatic heterocycles. The first-order valence-corrected chi connectivity index (χ1v) is 4.03. The summed E-state index contributed by atoms with van der Waals surface area (Å²) in [6, 6.07) is 0. The molecule has 2 heteroatoms. The zero-order valence-corrected chi connectivity index (χ0v) is 6.97. The van der Waals surface area contributed by atoms with Gasteiger partial charge in [0.1, 0.15) is 0 Å². The standard InChI is InChI=1S/C8H18O2/c1-3-10-7-5-4-6-8(2)9/h8-9H,3-7H2,1-2H3. The van der Waals surface area contributed by atoms with Gasteiger partial charge in [-0.3, -0.25) is 0 Å². The highest BCUT2D eigenvalue weighted by Gasteiger charge is 1.94. The van der Waals surface area contributed by atoms with Gasteiger partial charge in [-0.15, -0.1) is 0 Å². The van der Waals surface area contributed by atoms with E-state index in [9.17, 15) is 0 Å². The summed E-state index contributed by atoms with van der Waals surface area (Å²) in [4.78, 5) is 0. The van der Waals surface area contributed by atoms with Gasteiger partial charge in [-0.2, -0.15) is 0 Å². The van der Waals surface area contributed by atoms with Crippen LogP contribution in [0.1, 0.15) is 33.1 Å². The van der Waals surface area contributed by atoms with Crippen molar-refractivity contribution >= 4 is 0 Å². The third-order valence-corrected chi connectivity index (χ3v) is 1.36. The molecule has 0 aliphatic rings. The van der Waals surface area contributed by atoms with Crippen molar-refractivity contribution < 1.29 is 9.84 Å². The first-order valence-electron chi connectivity index (χ1n) is 4.03. The van der Waals surface area contributed by atoms with Gasteiger partial charge in [0.05, 0.1) is 6.10 Å². The van der Waals surface area contributed by atoms with Crippen LogP contribution in [0.3, 0.4) is 0 Å². The van der Waals surface area contributed by atoms with Gasteiger partial charge < -0.3 is 9.84 Å². The predicted molar refractivity (Wildman–Crippen MR) is 42.0 cm³/mol. The van der Waals surface area contributed by atoms with Gasteiger partial charge in [0.15, 0.2) is 0 Å². The summed E-state index contributed by atoms with van der Waals surface area (Å²) in [6.45, 7) is 5.45. The first-order chi connectivity index (χ1) is 4.77. The Balaban J connectivity index is 2.77. The number of hydrogen-bond donors (Lipinski definition) is 1. The molecule has 0 spiro atoms. The molecule has 62 valence electrons. The molecular formula is C8H18O2. The summed E-state index contributed by atoms with van der Waals surface area (Å²) in [6.07, 6.45) is 2.88. The predicted octanol–water partition coefficient (Wildman–Crippen LogP) is 1.57. The lowest BCUT2D eigenvalue weighted by atomic mass is 10.2. The molecule has 0 heterocycles. The van der Waals surface area contributed by atoms with Crippen LogP contribution < -0.4 is 0 Å². The molecule has 1 atom stereocenters. The molecule has 0 saturated carbocycles. The minimum Gasteiger partial charge on any atom is -0.393 e. The van der Waals surface area contributed by atoms with Gasteiger partial charge in [-0.25, -0.2) is 0 Å². The van der Waals surface area contributed by atoms with E-state index in [-0.39, 0.29) is 6.10 Å². The van der Waals surface area contributed by atoms with Crippen LogP contribution in [0, 0.1) is 0 Å². The number of aliphatic hydroxyl groups is 1. The number of unbranched alkanes of at least 4 members (excludes halogenated alkanes) is 1. The van der Waals surface area contributed by atoms with Crippen LogP contribution in [0.25, 0.3) is 0 Å². The largest absolute Gasteiger partial charge is 0.393 e. The van der Waals surface area contributed by atoms with E-state index in [0.717, 1.165) is 32.5 Å². The molecule has 0 radical (unpaired) electrons. The summed E-state index contributed by atoms with van der Waals surface area (Å²) < 4.78 is 5.13. The summed E-state index contributed by atoms with van der Waals surface area (Å²) in [5, 5.41) is 8.87. The van der Waals surface area contributed by atoms with E-state index in [1.807, 2.05) is 13.8 Å². The van der Waals surface area contributed by atoms with E-state index in [2.05, 4.69) is 0 Å². The second kappa shape index (κ2) is 7.03. The first kappa shape index (κ1) is 9.92. The highest BCUT2D eigenvalue weighted by atomic mass is 16.5. The fourth-order valence-electron chi connectivity index (χ4n) is 0.788. The van der Waals surface area contributed by atoms with Crippen LogP contribution >= 0.6 is 0 Å². The monoisotopic (exact) mass is 146 g/mol. The normalized spacial score (nSPS) is 13.5. The Labute approximate surface area is 63.2 Å². The Morgan fingerprint density at radius 3 is 2.60 bits per heavy atom. The molecule has 1 N–H and O–H groups in total. The van der Waals surface area contributed by atoms with E-state index in [1.54, 1.807) is 0 Å². The summed E-state index contributed by atoms with van der Waals surface area (Å²) in [5.41, 5.74) is 0. The van der Waals surface area contributed by atoms with Crippen LogP contribution in [0.15, 0.2) is 0 Å². The molecule has 1 unspecified atom stereocenters. The maximum atomic E-state index is 8.87. The summed E-state index contributed by atoms with van der Waals surface area (Å²) in [7, 11) is 0. The zero-order valence-electron chi connectivity index (χ0n) is 6.97. The highest BCUT2D eigenvalue weighted by Crippen LogP contribution is 1.99. The van der Waals surface area contributed by atoms with Crippen LogP contribution in [0.5, 0.6) is 0 Å². The second-order valence-corrected chi connectivity index (χ2v) is 2.54. The Hall–Kier alpha value is -0.0800. The van der Waals surface area contributed by atoms with Crippen molar-refractivity contribution in [1.29, 1.82) is 0 Å². The van der Waals surface area contributed by atoms with Crippen LogP contribution in [0.2, 0.25) is 0 Å². The average molecular weight is 146 g/mol. The smallest absolute Gasteiger partial charge is 0.0512 e. The van der Waals surface area contributed by atoms with Gasteiger partial charge in [-0.05, 0) is 33.1 Å². The summed E-state index contributed by atoms with van der Waals surface area (Å²) >= 11 is 0. The van der Waals surface area contributed by atoms with Gasteiger partial charge >= 0.3 is 0 Å². The molecule has 0 bridgehead atoms. The van der Waals surface area contributed by atoms with Crippen molar-refractivity contribution in [2.45, 2.75) is 39.2 Å². The SMILES string of the molecule is CCOCCCCC(C)O. The van der Waals surface area contributed by atoms with Crippen LogP contribution in [0.4, 0.5) is 0 Å². The second-order valence-electron chi connectivity index (χ2n) is 2.54. The average Bonchev–Trinajstić information content (AvgIpc) is 1.87.